The number of fused-ring (bicyclic) bond motifs is 1. The highest BCUT2D eigenvalue weighted by Crippen LogP contribution is 2.45. The maximum atomic E-state index is 6.10. The summed E-state index contributed by atoms with van der Waals surface area (Å²) in [6, 6.07) is 12.7. The second-order valence-corrected chi connectivity index (χ2v) is 7.11. The SMILES string of the molecule is Cc1cc(C)c(NC2c3ccccc3OC2(C)C)c(Br)c1. The smallest absolute Gasteiger partial charge is 0.128 e. The van der Waals surface area contributed by atoms with Crippen molar-refractivity contribution >= 4 is 21.6 Å². The number of aryl methyl sites for hydroxylation is 2. The van der Waals surface area contributed by atoms with Crippen molar-refractivity contribution in [2.24, 2.45) is 0 Å². The van der Waals surface area contributed by atoms with Crippen molar-refractivity contribution < 1.29 is 4.74 Å². The average Bonchev–Trinajstić information content (AvgIpc) is 2.63. The van der Waals surface area contributed by atoms with E-state index in [0.717, 1.165) is 15.9 Å². The van der Waals surface area contributed by atoms with Gasteiger partial charge >= 0.3 is 0 Å². The zero-order chi connectivity index (χ0) is 15.2. The second-order valence-electron chi connectivity index (χ2n) is 6.26. The summed E-state index contributed by atoms with van der Waals surface area (Å²) < 4.78 is 7.20. The number of benzene rings is 2. The van der Waals surface area contributed by atoms with Gasteiger partial charge in [-0.1, -0.05) is 24.3 Å². The van der Waals surface area contributed by atoms with Gasteiger partial charge in [0.2, 0.25) is 0 Å². The summed E-state index contributed by atoms with van der Waals surface area (Å²) in [5.41, 5.74) is 4.57. The highest BCUT2D eigenvalue weighted by molar-refractivity contribution is 9.10. The van der Waals surface area contributed by atoms with Crippen LogP contribution in [0.4, 0.5) is 5.69 Å². The maximum Gasteiger partial charge on any atom is 0.128 e. The number of rotatable bonds is 2. The van der Waals surface area contributed by atoms with Crippen LogP contribution >= 0.6 is 15.9 Å². The number of hydrogen-bond donors (Lipinski definition) is 1. The van der Waals surface area contributed by atoms with Gasteiger partial charge in [0, 0.05) is 10.0 Å². The fourth-order valence-corrected chi connectivity index (χ4v) is 3.81. The van der Waals surface area contributed by atoms with E-state index in [-0.39, 0.29) is 11.6 Å². The first-order chi connectivity index (χ1) is 9.88. The lowest BCUT2D eigenvalue weighted by Crippen LogP contribution is -2.35. The second kappa shape index (κ2) is 5.06. The molecule has 2 aromatic carbocycles. The van der Waals surface area contributed by atoms with Crippen molar-refractivity contribution in [1.29, 1.82) is 0 Å². The zero-order valence-corrected chi connectivity index (χ0v) is 14.4. The summed E-state index contributed by atoms with van der Waals surface area (Å²) in [4.78, 5) is 0. The van der Waals surface area contributed by atoms with Crippen LogP contribution in [0.3, 0.4) is 0 Å². The summed E-state index contributed by atoms with van der Waals surface area (Å²) in [5, 5.41) is 3.68. The fourth-order valence-electron chi connectivity index (χ4n) is 3.02. The summed E-state index contributed by atoms with van der Waals surface area (Å²) >= 11 is 3.68. The summed E-state index contributed by atoms with van der Waals surface area (Å²) in [5.74, 6) is 0.973. The molecule has 1 unspecified atom stereocenters. The lowest BCUT2D eigenvalue weighted by Gasteiger charge is -2.29. The van der Waals surface area contributed by atoms with Crippen LogP contribution in [-0.2, 0) is 0 Å². The van der Waals surface area contributed by atoms with Crippen LogP contribution in [0.2, 0.25) is 0 Å². The third-order valence-electron chi connectivity index (χ3n) is 4.02. The molecule has 0 spiro atoms. The molecule has 0 bridgehead atoms. The molecule has 3 rings (SSSR count). The van der Waals surface area contributed by atoms with Crippen molar-refractivity contribution in [2.75, 3.05) is 5.32 Å². The molecule has 1 aliphatic rings. The molecule has 21 heavy (non-hydrogen) atoms. The standard InChI is InChI=1S/C18H20BrNO/c1-11-9-12(2)16(14(19)10-11)20-17-13-7-5-6-8-15(13)21-18(17,3)4/h5-10,17,20H,1-4H3. The number of nitrogens with one attached hydrogen (secondary N) is 1. The zero-order valence-electron chi connectivity index (χ0n) is 12.8. The highest BCUT2D eigenvalue weighted by Gasteiger charge is 2.41. The monoisotopic (exact) mass is 345 g/mol. The third-order valence-corrected chi connectivity index (χ3v) is 4.64. The minimum Gasteiger partial charge on any atom is -0.485 e. The molecule has 110 valence electrons. The van der Waals surface area contributed by atoms with Gasteiger partial charge in [0.15, 0.2) is 0 Å². The van der Waals surface area contributed by atoms with Crippen molar-refractivity contribution in [3.05, 3.63) is 57.6 Å². The van der Waals surface area contributed by atoms with Gasteiger partial charge in [-0.05, 0) is 66.9 Å². The summed E-state index contributed by atoms with van der Waals surface area (Å²) in [6.07, 6.45) is 0. The molecule has 1 aliphatic heterocycles. The topological polar surface area (TPSA) is 21.3 Å². The van der Waals surface area contributed by atoms with E-state index in [9.17, 15) is 0 Å². The molecule has 0 radical (unpaired) electrons. The predicted molar refractivity (Wildman–Crippen MR) is 91.1 cm³/mol. The lowest BCUT2D eigenvalue weighted by molar-refractivity contribution is 0.118. The van der Waals surface area contributed by atoms with Crippen LogP contribution in [0.25, 0.3) is 0 Å². The van der Waals surface area contributed by atoms with E-state index in [0.29, 0.717) is 0 Å². The van der Waals surface area contributed by atoms with Crippen molar-refractivity contribution in [1.82, 2.24) is 0 Å². The van der Waals surface area contributed by atoms with Crippen LogP contribution in [0.5, 0.6) is 5.75 Å². The molecule has 0 aromatic heterocycles. The molecule has 0 saturated heterocycles. The first-order valence-electron chi connectivity index (χ1n) is 7.20. The van der Waals surface area contributed by atoms with Crippen molar-refractivity contribution in [3.63, 3.8) is 0 Å². The molecule has 1 atom stereocenters. The average molecular weight is 346 g/mol. The van der Waals surface area contributed by atoms with Crippen LogP contribution in [0, 0.1) is 13.8 Å². The van der Waals surface area contributed by atoms with Crippen LogP contribution < -0.4 is 10.1 Å². The number of ether oxygens (including phenoxy) is 1. The Labute approximate surface area is 134 Å². The summed E-state index contributed by atoms with van der Waals surface area (Å²) in [7, 11) is 0. The van der Waals surface area contributed by atoms with E-state index in [1.54, 1.807) is 0 Å². The molecule has 2 nitrogen and oxygen atoms in total. The van der Waals surface area contributed by atoms with Gasteiger partial charge < -0.3 is 10.1 Å². The van der Waals surface area contributed by atoms with Gasteiger partial charge in [0.05, 0.1) is 11.7 Å². The van der Waals surface area contributed by atoms with Gasteiger partial charge in [0.1, 0.15) is 11.4 Å². The largest absolute Gasteiger partial charge is 0.485 e. The molecule has 1 N–H and O–H groups in total. The number of anilines is 1. The van der Waals surface area contributed by atoms with Gasteiger partial charge in [-0.2, -0.15) is 0 Å². The molecular weight excluding hydrogens is 326 g/mol. The lowest BCUT2D eigenvalue weighted by atomic mass is 9.94. The molecule has 3 heteroatoms. The Hall–Kier alpha value is -1.48. The molecular formula is C18H20BrNO. The number of hydrogen-bond acceptors (Lipinski definition) is 2. The van der Waals surface area contributed by atoms with Crippen LogP contribution in [0.15, 0.2) is 40.9 Å². The van der Waals surface area contributed by atoms with Crippen LogP contribution in [-0.4, -0.2) is 5.60 Å². The Kier molecular flexibility index (Phi) is 3.48. The normalized spacial score (nSPS) is 19.0. The number of halogens is 1. The fraction of sp³-hybridized carbons (Fsp3) is 0.333. The predicted octanol–water partition coefficient (Wildman–Crippen LogP) is 5.39. The first kappa shape index (κ1) is 14.5. The van der Waals surface area contributed by atoms with E-state index < -0.39 is 0 Å². The van der Waals surface area contributed by atoms with E-state index in [4.69, 9.17) is 4.74 Å². The van der Waals surface area contributed by atoms with Gasteiger partial charge in [-0.15, -0.1) is 0 Å². The quantitative estimate of drug-likeness (QED) is 0.787. The van der Waals surface area contributed by atoms with E-state index in [1.165, 1.54) is 16.7 Å². The van der Waals surface area contributed by atoms with Gasteiger partial charge in [-0.3, -0.25) is 0 Å². The minimum absolute atomic E-state index is 0.131. The molecule has 2 aromatic rings. The van der Waals surface area contributed by atoms with E-state index in [2.05, 4.69) is 73.2 Å². The number of para-hydroxylation sites is 1. The molecule has 0 saturated carbocycles. The molecule has 1 heterocycles. The van der Waals surface area contributed by atoms with Gasteiger partial charge in [-0.25, -0.2) is 0 Å². The van der Waals surface area contributed by atoms with E-state index >= 15 is 0 Å². The first-order valence-corrected chi connectivity index (χ1v) is 7.99. The molecule has 0 aliphatic carbocycles. The molecule has 0 amide bonds. The van der Waals surface area contributed by atoms with Crippen molar-refractivity contribution in [2.45, 2.75) is 39.3 Å². The van der Waals surface area contributed by atoms with Crippen LogP contribution in [0.1, 0.15) is 36.6 Å². The highest BCUT2D eigenvalue weighted by atomic mass is 79.9. The van der Waals surface area contributed by atoms with Gasteiger partial charge in [0.25, 0.3) is 0 Å². The Morgan fingerprint density at radius 3 is 2.57 bits per heavy atom. The Bertz CT molecular complexity index is 670. The van der Waals surface area contributed by atoms with Crippen molar-refractivity contribution in [3.8, 4) is 5.75 Å². The minimum atomic E-state index is -0.277. The molecule has 0 fully saturated rings. The Morgan fingerprint density at radius 2 is 1.86 bits per heavy atom. The Morgan fingerprint density at radius 1 is 1.14 bits per heavy atom. The van der Waals surface area contributed by atoms with E-state index in [1.807, 2.05) is 12.1 Å². The summed E-state index contributed by atoms with van der Waals surface area (Å²) in [6.45, 7) is 8.50. The Balaban J connectivity index is 2.02. The maximum absolute atomic E-state index is 6.10. The third kappa shape index (κ3) is 2.55.